The van der Waals surface area contributed by atoms with Crippen LogP contribution in [0.4, 0.5) is 0 Å². The van der Waals surface area contributed by atoms with Crippen LogP contribution in [0.25, 0.3) is 11.5 Å². The van der Waals surface area contributed by atoms with Crippen molar-refractivity contribution in [1.29, 1.82) is 5.26 Å². The van der Waals surface area contributed by atoms with Gasteiger partial charge in [0.1, 0.15) is 5.69 Å². The third-order valence-electron chi connectivity index (χ3n) is 3.02. The van der Waals surface area contributed by atoms with E-state index >= 15 is 0 Å². The Morgan fingerprint density at radius 1 is 1.05 bits per heavy atom. The standard InChI is InChI=1S/C16H12N4/c17-11-13-4-3-5-14(10-13)12-20-9-8-19-16(20)15-6-1-2-7-18-15/h1-10H,12H2. The summed E-state index contributed by atoms with van der Waals surface area (Å²) in [5, 5.41) is 8.94. The molecule has 96 valence electrons. The van der Waals surface area contributed by atoms with E-state index in [2.05, 4.69) is 16.0 Å². The van der Waals surface area contributed by atoms with Crippen LogP contribution in [-0.2, 0) is 6.54 Å². The van der Waals surface area contributed by atoms with E-state index < -0.39 is 0 Å². The molecule has 3 aromatic rings. The molecular weight excluding hydrogens is 248 g/mol. The Hall–Kier alpha value is -2.93. The molecule has 0 bridgehead atoms. The van der Waals surface area contributed by atoms with Crippen LogP contribution in [0, 0.1) is 11.3 Å². The molecule has 0 N–H and O–H groups in total. The van der Waals surface area contributed by atoms with Crippen LogP contribution < -0.4 is 0 Å². The molecule has 0 unspecified atom stereocenters. The maximum Gasteiger partial charge on any atom is 0.158 e. The van der Waals surface area contributed by atoms with E-state index in [1.807, 2.05) is 47.2 Å². The summed E-state index contributed by atoms with van der Waals surface area (Å²) < 4.78 is 2.03. The van der Waals surface area contributed by atoms with Gasteiger partial charge in [-0.15, -0.1) is 0 Å². The first-order valence-electron chi connectivity index (χ1n) is 6.28. The Bertz CT molecular complexity index is 753. The molecule has 1 aromatic carbocycles. The lowest BCUT2D eigenvalue weighted by Crippen LogP contribution is -2.02. The molecule has 0 spiro atoms. The molecule has 0 atom stereocenters. The van der Waals surface area contributed by atoms with Gasteiger partial charge in [-0.2, -0.15) is 5.26 Å². The maximum absolute atomic E-state index is 8.94. The Balaban J connectivity index is 1.93. The zero-order valence-corrected chi connectivity index (χ0v) is 10.8. The van der Waals surface area contributed by atoms with Crippen molar-refractivity contribution in [2.75, 3.05) is 0 Å². The second-order valence-corrected chi connectivity index (χ2v) is 4.41. The van der Waals surface area contributed by atoms with Gasteiger partial charge in [-0.3, -0.25) is 4.98 Å². The van der Waals surface area contributed by atoms with Crippen molar-refractivity contribution >= 4 is 0 Å². The summed E-state index contributed by atoms with van der Waals surface area (Å²) in [5.74, 6) is 0.827. The highest BCUT2D eigenvalue weighted by Crippen LogP contribution is 2.16. The summed E-state index contributed by atoms with van der Waals surface area (Å²) in [7, 11) is 0. The van der Waals surface area contributed by atoms with Crippen LogP contribution in [0.3, 0.4) is 0 Å². The van der Waals surface area contributed by atoms with E-state index in [0.717, 1.165) is 17.1 Å². The average molecular weight is 260 g/mol. The SMILES string of the molecule is N#Cc1cccc(Cn2ccnc2-c2ccccn2)c1. The molecule has 0 aliphatic carbocycles. The lowest BCUT2D eigenvalue weighted by Gasteiger charge is -2.07. The Morgan fingerprint density at radius 3 is 2.80 bits per heavy atom. The summed E-state index contributed by atoms with van der Waals surface area (Å²) in [6, 6.07) is 15.5. The van der Waals surface area contributed by atoms with Crippen molar-refractivity contribution in [3.63, 3.8) is 0 Å². The highest BCUT2D eigenvalue weighted by molar-refractivity contribution is 5.49. The number of benzene rings is 1. The first-order chi connectivity index (χ1) is 9.86. The van der Waals surface area contributed by atoms with Crippen molar-refractivity contribution in [3.05, 3.63) is 72.2 Å². The van der Waals surface area contributed by atoms with E-state index in [1.54, 1.807) is 18.5 Å². The van der Waals surface area contributed by atoms with Crippen LogP contribution in [0.15, 0.2) is 61.1 Å². The molecule has 2 aromatic heterocycles. The highest BCUT2D eigenvalue weighted by atomic mass is 15.1. The van der Waals surface area contributed by atoms with Gasteiger partial charge in [0.05, 0.1) is 11.6 Å². The zero-order valence-electron chi connectivity index (χ0n) is 10.8. The van der Waals surface area contributed by atoms with Crippen LogP contribution >= 0.6 is 0 Å². The highest BCUT2D eigenvalue weighted by Gasteiger charge is 2.07. The summed E-state index contributed by atoms with van der Waals surface area (Å²) >= 11 is 0. The summed E-state index contributed by atoms with van der Waals surface area (Å²) in [6.07, 6.45) is 5.44. The summed E-state index contributed by atoms with van der Waals surface area (Å²) in [5.41, 5.74) is 2.58. The van der Waals surface area contributed by atoms with E-state index in [0.29, 0.717) is 12.1 Å². The molecule has 0 aliphatic rings. The molecule has 0 amide bonds. The molecule has 20 heavy (non-hydrogen) atoms. The predicted molar refractivity (Wildman–Crippen MR) is 75.7 cm³/mol. The molecule has 4 heteroatoms. The molecule has 0 radical (unpaired) electrons. The first-order valence-corrected chi connectivity index (χ1v) is 6.28. The molecule has 0 aliphatic heterocycles. The number of hydrogen-bond donors (Lipinski definition) is 0. The fourth-order valence-electron chi connectivity index (χ4n) is 2.10. The Labute approximate surface area is 117 Å². The van der Waals surface area contributed by atoms with Gasteiger partial charge in [-0.1, -0.05) is 18.2 Å². The number of hydrogen-bond acceptors (Lipinski definition) is 3. The third-order valence-corrected chi connectivity index (χ3v) is 3.02. The fourth-order valence-corrected chi connectivity index (χ4v) is 2.10. The number of aromatic nitrogens is 3. The maximum atomic E-state index is 8.94. The molecule has 0 saturated carbocycles. The quantitative estimate of drug-likeness (QED) is 0.727. The summed E-state index contributed by atoms with van der Waals surface area (Å²) in [6.45, 7) is 0.668. The van der Waals surface area contributed by atoms with Crippen molar-refractivity contribution in [2.45, 2.75) is 6.54 Å². The topological polar surface area (TPSA) is 54.5 Å². The Morgan fingerprint density at radius 2 is 2.00 bits per heavy atom. The van der Waals surface area contributed by atoms with Crippen molar-refractivity contribution in [3.8, 4) is 17.6 Å². The normalized spacial score (nSPS) is 10.2. The van der Waals surface area contributed by atoms with Gasteiger partial charge >= 0.3 is 0 Å². The molecule has 4 nitrogen and oxygen atoms in total. The van der Waals surface area contributed by atoms with Crippen LogP contribution in [0.1, 0.15) is 11.1 Å². The van der Waals surface area contributed by atoms with Gasteiger partial charge in [0.15, 0.2) is 5.82 Å². The molecule has 0 fully saturated rings. The van der Waals surface area contributed by atoms with Crippen molar-refractivity contribution in [2.24, 2.45) is 0 Å². The number of pyridine rings is 1. The monoisotopic (exact) mass is 260 g/mol. The van der Waals surface area contributed by atoms with E-state index in [-0.39, 0.29) is 0 Å². The lowest BCUT2D eigenvalue weighted by atomic mass is 10.1. The van der Waals surface area contributed by atoms with Gasteiger partial charge in [-0.05, 0) is 29.8 Å². The third kappa shape index (κ3) is 2.43. The number of nitriles is 1. The smallest absolute Gasteiger partial charge is 0.158 e. The van der Waals surface area contributed by atoms with Crippen LogP contribution in [0.5, 0.6) is 0 Å². The van der Waals surface area contributed by atoms with Gasteiger partial charge < -0.3 is 4.57 Å². The minimum Gasteiger partial charge on any atom is -0.325 e. The van der Waals surface area contributed by atoms with E-state index in [1.165, 1.54) is 0 Å². The summed E-state index contributed by atoms with van der Waals surface area (Å²) in [4.78, 5) is 8.68. The second kappa shape index (κ2) is 5.37. The lowest BCUT2D eigenvalue weighted by molar-refractivity contribution is 0.803. The van der Waals surface area contributed by atoms with Crippen molar-refractivity contribution in [1.82, 2.24) is 14.5 Å². The number of rotatable bonds is 3. The minimum atomic E-state index is 0.668. The molecular formula is C16H12N4. The fraction of sp³-hybridized carbons (Fsp3) is 0.0625. The van der Waals surface area contributed by atoms with Gasteiger partial charge in [-0.25, -0.2) is 4.98 Å². The molecule has 3 rings (SSSR count). The first kappa shape index (κ1) is 12.1. The van der Waals surface area contributed by atoms with Gasteiger partial charge in [0.2, 0.25) is 0 Å². The minimum absolute atomic E-state index is 0.668. The van der Waals surface area contributed by atoms with Crippen LogP contribution in [-0.4, -0.2) is 14.5 Å². The van der Waals surface area contributed by atoms with Crippen molar-refractivity contribution < 1.29 is 0 Å². The van der Waals surface area contributed by atoms with E-state index in [9.17, 15) is 0 Å². The second-order valence-electron chi connectivity index (χ2n) is 4.41. The average Bonchev–Trinajstić information content (AvgIpc) is 2.96. The van der Waals surface area contributed by atoms with Gasteiger partial charge in [0.25, 0.3) is 0 Å². The Kier molecular flexibility index (Phi) is 3.25. The number of nitrogens with zero attached hydrogens (tertiary/aromatic N) is 4. The predicted octanol–water partition coefficient (Wildman–Crippen LogP) is 2.87. The molecule has 0 saturated heterocycles. The number of imidazole rings is 1. The van der Waals surface area contributed by atoms with Crippen LogP contribution in [0.2, 0.25) is 0 Å². The van der Waals surface area contributed by atoms with Gasteiger partial charge in [0, 0.05) is 25.1 Å². The largest absolute Gasteiger partial charge is 0.325 e. The van der Waals surface area contributed by atoms with E-state index in [4.69, 9.17) is 5.26 Å². The molecule has 2 heterocycles. The zero-order chi connectivity index (χ0) is 13.8.